The highest BCUT2D eigenvalue weighted by molar-refractivity contribution is 6.13. The third-order valence-electron chi connectivity index (χ3n) is 13.2. The van der Waals surface area contributed by atoms with Gasteiger partial charge in [0.25, 0.3) is 17.4 Å². The van der Waals surface area contributed by atoms with Gasteiger partial charge in [0, 0.05) is 43.6 Å². The maximum atomic E-state index is 15.6. The summed E-state index contributed by atoms with van der Waals surface area (Å²) in [6.07, 6.45) is 1.81. The predicted octanol–water partition coefficient (Wildman–Crippen LogP) is 5.10. The van der Waals surface area contributed by atoms with Crippen molar-refractivity contribution in [1.29, 1.82) is 0 Å². The number of hydrogen-bond acceptors (Lipinski definition) is 10. The molecule has 4 heterocycles. The number of ether oxygens (including phenoxy) is 2. The molecule has 63 heavy (non-hydrogen) atoms. The summed E-state index contributed by atoms with van der Waals surface area (Å²) in [5.41, 5.74) is 4.16. The van der Waals surface area contributed by atoms with Gasteiger partial charge >= 0.3 is 11.4 Å². The predicted molar refractivity (Wildman–Crippen MR) is 235 cm³/mol. The monoisotopic (exact) mass is 845 g/mol. The molecule has 15 nitrogen and oxygen atoms in total. The van der Waals surface area contributed by atoms with E-state index in [1.54, 1.807) is 43.4 Å². The molecule has 2 N–H and O–H groups in total. The van der Waals surface area contributed by atoms with Crippen LogP contribution < -0.4 is 31.8 Å². The lowest BCUT2D eigenvalue weighted by Gasteiger charge is -2.49. The second kappa shape index (κ2) is 14.8. The van der Waals surface area contributed by atoms with Crippen molar-refractivity contribution in [2.45, 2.75) is 50.2 Å². The van der Waals surface area contributed by atoms with Gasteiger partial charge in [0.1, 0.15) is 11.4 Å². The molecule has 2 amide bonds. The summed E-state index contributed by atoms with van der Waals surface area (Å²) in [5.74, 6) is -2.27. The zero-order chi connectivity index (χ0) is 43.9. The van der Waals surface area contributed by atoms with Gasteiger partial charge in [-0.05, 0) is 53.5 Å². The first-order valence-corrected chi connectivity index (χ1v) is 20.7. The van der Waals surface area contributed by atoms with E-state index < -0.39 is 52.0 Å². The van der Waals surface area contributed by atoms with Crippen molar-refractivity contribution in [3.63, 3.8) is 0 Å². The van der Waals surface area contributed by atoms with Gasteiger partial charge in [0.05, 0.1) is 54.9 Å². The standard InChI is InChI=1S/C48H43N7O8/c1-27-14-17-30(18-15-27)50-54-43(57)33-24-36-32(42(48(33,45(54)59)29-11-6-5-7-12-29)41-31-13-9-8-10-28(31)16-19-38(41)56)20-23-53-46(60)52(47(61)55(36)53)22-21-34-44(58)51(2)37-26-40(63-4)39(62-3)25-35(37)49-34/h5-20,25-26,33,36,42,50,56H,21-24H2,1-4H3. The van der Waals surface area contributed by atoms with E-state index in [2.05, 4.69) is 10.4 Å². The molecule has 0 radical (unpaired) electrons. The van der Waals surface area contributed by atoms with Crippen LogP contribution in [0.1, 0.15) is 40.8 Å². The van der Waals surface area contributed by atoms with Gasteiger partial charge in [-0.2, -0.15) is 5.01 Å². The van der Waals surface area contributed by atoms with Crippen molar-refractivity contribution in [3.05, 3.63) is 168 Å². The minimum atomic E-state index is -1.59. The molecule has 4 atom stereocenters. The fourth-order valence-electron chi connectivity index (χ4n) is 10.2. The number of phenolic OH excluding ortho intramolecular Hbond substituents is 1. The van der Waals surface area contributed by atoms with Crippen molar-refractivity contribution in [2.24, 2.45) is 13.0 Å². The Labute approximate surface area is 359 Å². The lowest BCUT2D eigenvalue weighted by atomic mass is 9.53. The molecule has 2 aliphatic heterocycles. The first-order chi connectivity index (χ1) is 30.5. The minimum Gasteiger partial charge on any atom is -0.508 e. The van der Waals surface area contributed by atoms with Crippen LogP contribution in [0.5, 0.6) is 17.2 Å². The molecule has 0 spiro atoms. The van der Waals surface area contributed by atoms with Crippen molar-refractivity contribution in [2.75, 3.05) is 19.6 Å². The molecule has 15 heteroatoms. The Hall–Kier alpha value is -7.68. The number of carbonyl (C=O) groups excluding carboxylic acids is 2. The summed E-state index contributed by atoms with van der Waals surface area (Å²) in [6.45, 7) is 1.75. The number of methoxy groups -OCH3 is 2. The van der Waals surface area contributed by atoms with Crippen molar-refractivity contribution < 1.29 is 24.2 Å². The van der Waals surface area contributed by atoms with Crippen molar-refractivity contribution >= 4 is 39.3 Å². The number of amides is 2. The zero-order valence-corrected chi connectivity index (χ0v) is 34.9. The number of aromatic nitrogens is 5. The maximum absolute atomic E-state index is 15.6. The molecule has 1 saturated heterocycles. The van der Waals surface area contributed by atoms with Crippen LogP contribution in [-0.4, -0.2) is 59.6 Å². The highest BCUT2D eigenvalue weighted by Crippen LogP contribution is 2.63. The largest absolute Gasteiger partial charge is 0.508 e. The summed E-state index contributed by atoms with van der Waals surface area (Å²) in [7, 11) is 4.61. The normalized spacial score (nSPS) is 20.3. The fourth-order valence-corrected chi connectivity index (χ4v) is 10.2. The number of fused-ring (bicyclic) bond motifs is 6. The van der Waals surface area contributed by atoms with E-state index in [0.717, 1.165) is 20.5 Å². The summed E-state index contributed by atoms with van der Waals surface area (Å²) in [6, 6.07) is 29.9. The Bertz CT molecular complexity index is 3260. The number of anilines is 1. The lowest BCUT2D eigenvalue weighted by Crippen LogP contribution is -2.53. The molecule has 318 valence electrons. The van der Waals surface area contributed by atoms with Crippen LogP contribution >= 0.6 is 0 Å². The molecule has 7 aromatic rings. The van der Waals surface area contributed by atoms with Crippen LogP contribution in [0.15, 0.2) is 129 Å². The molecule has 3 aliphatic rings. The molecule has 1 saturated carbocycles. The Morgan fingerprint density at radius 3 is 2.32 bits per heavy atom. The number of benzene rings is 5. The van der Waals surface area contributed by atoms with E-state index in [9.17, 15) is 19.5 Å². The molecule has 1 aliphatic carbocycles. The smallest absolute Gasteiger partial charge is 0.347 e. The van der Waals surface area contributed by atoms with E-state index in [-0.39, 0.29) is 37.4 Å². The number of allylic oxidation sites excluding steroid dienone is 2. The SMILES string of the molecule is COc1cc2nc(CCn3c(=O)n4n(c3=O)C3CC5C(=O)N(Nc6ccc(C)cc6)C(=O)C5(c5ccccc5)C(c5c(O)ccc6ccccc56)C3=CC4)c(=O)n(C)c2cc1OC. The van der Waals surface area contributed by atoms with Gasteiger partial charge in [-0.3, -0.25) is 19.8 Å². The number of aryl methyl sites for hydroxylation is 3. The fraction of sp³-hybridized carbons (Fsp3) is 0.250. The molecular formula is C48H43N7O8. The van der Waals surface area contributed by atoms with Gasteiger partial charge in [0.15, 0.2) is 11.5 Å². The third kappa shape index (κ3) is 5.79. The second-order valence-corrected chi connectivity index (χ2v) is 16.4. The Morgan fingerprint density at radius 2 is 1.57 bits per heavy atom. The highest BCUT2D eigenvalue weighted by Gasteiger charge is 2.69. The van der Waals surface area contributed by atoms with Crippen molar-refractivity contribution in [3.8, 4) is 17.2 Å². The molecule has 2 fully saturated rings. The van der Waals surface area contributed by atoms with Gasteiger partial charge in [0.2, 0.25) is 0 Å². The summed E-state index contributed by atoms with van der Waals surface area (Å²) >= 11 is 0. The maximum Gasteiger partial charge on any atom is 0.347 e. The number of hydrazine groups is 1. The Kier molecular flexibility index (Phi) is 9.24. The van der Waals surface area contributed by atoms with Crippen LogP contribution in [0.25, 0.3) is 21.8 Å². The van der Waals surface area contributed by atoms with Gasteiger partial charge in [-0.1, -0.05) is 84.4 Å². The number of imide groups is 1. The Balaban J connectivity index is 1.13. The summed E-state index contributed by atoms with van der Waals surface area (Å²) < 4.78 is 16.2. The second-order valence-electron chi connectivity index (χ2n) is 16.4. The highest BCUT2D eigenvalue weighted by atomic mass is 16.5. The van der Waals surface area contributed by atoms with Crippen molar-refractivity contribution in [1.82, 2.24) is 28.5 Å². The van der Waals surface area contributed by atoms with Gasteiger partial charge in [-0.15, -0.1) is 0 Å². The van der Waals surface area contributed by atoms with Gasteiger partial charge in [-0.25, -0.2) is 28.5 Å². The first-order valence-electron chi connectivity index (χ1n) is 20.7. The molecule has 2 aromatic heterocycles. The van der Waals surface area contributed by atoms with Crippen LogP contribution in [0, 0.1) is 12.8 Å². The molecule has 0 bridgehead atoms. The average Bonchev–Trinajstić information content (AvgIpc) is 3.67. The zero-order valence-electron chi connectivity index (χ0n) is 34.9. The summed E-state index contributed by atoms with van der Waals surface area (Å²) in [5, 5.41) is 14.6. The first kappa shape index (κ1) is 39.5. The van der Waals surface area contributed by atoms with Gasteiger partial charge < -0.3 is 19.1 Å². The number of nitrogens with one attached hydrogen (secondary N) is 1. The quantitative estimate of drug-likeness (QED) is 0.147. The minimum absolute atomic E-state index is 0.0131. The van der Waals surface area contributed by atoms with E-state index >= 15 is 9.59 Å². The molecular weight excluding hydrogens is 803 g/mol. The number of nitrogens with zero attached hydrogens (tertiary/aromatic N) is 6. The Morgan fingerprint density at radius 1 is 0.857 bits per heavy atom. The number of hydrogen-bond donors (Lipinski definition) is 2. The van der Waals surface area contributed by atoms with Crippen LogP contribution in [-0.2, 0) is 41.6 Å². The molecule has 10 rings (SSSR count). The van der Waals surface area contributed by atoms with E-state index in [4.69, 9.17) is 9.47 Å². The van der Waals surface area contributed by atoms with E-state index in [1.807, 2.05) is 79.7 Å². The topological polar surface area (TPSA) is 172 Å². The molecule has 5 aromatic carbocycles. The van der Waals surface area contributed by atoms with Crippen LogP contribution in [0.3, 0.4) is 0 Å². The number of phenols is 1. The average molecular weight is 846 g/mol. The van der Waals surface area contributed by atoms with Crippen LogP contribution in [0.2, 0.25) is 0 Å². The number of carbonyl (C=O) groups is 2. The van der Waals surface area contributed by atoms with E-state index in [0.29, 0.717) is 50.3 Å². The lowest BCUT2D eigenvalue weighted by molar-refractivity contribution is -0.138. The number of aromatic hydroxyl groups is 1. The molecule has 4 unspecified atom stereocenters. The summed E-state index contributed by atoms with van der Waals surface area (Å²) in [4.78, 5) is 78.1. The van der Waals surface area contributed by atoms with Crippen LogP contribution in [0.4, 0.5) is 5.69 Å². The van der Waals surface area contributed by atoms with E-state index in [1.165, 1.54) is 28.2 Å². The number of rotatable bonds is 9. The third-order valence-corrected chi connectivity index (χ3v) is 13.2.